The summed E-state index contributed by atoms with van der Waals surface area (Å²) in [5, 5.41) is 1.23. The molecule has 1 N–H and O–H groups in total. The fourth-order valence-corrected chi connectivity index (χ4v) is 5.66. The van der Waals surface area contributed by atoms with Gasteiger partial charge in [-0.1, -0.05) is 42.8 Å². The quantitative estimate of drug-likeness (QED) is 0.635. The summed E-state index contributed by atoms with van der Waals surface area (Å²) in [7, 11) is -1.86. The molecule has 0 aliphatic heterocycles. The first-order valence-corrected chi connectivity index (χ1v) is 11.2. The monoisotopic (exact) mass is 394 g/mol. The van der Waals surface area contributed by atoms with E-state index in [2.05, 4.69) is 36.3 Å². The molecule has 5 heteroatoms. The van der Waals surface area contributed by atoms with Crippen LogP contribution in [0.4, 0.5) is 0 Å². The number of fused-ring (bicyclic) bond motifs is 1. The highest BCUT2D eigenvalue weighted by molar-refractivity contribution is 7.89. The van der Waals surface area contributed by atoms with Crippen LogP contribution in [0.15, 0.2) is 70.9 Å². The first kappa shape index (κ1) is 18.8. The van der Waals surface area contributed by atoms with Gasteiger partial charge in [-0.25, -0.2) is 8.42 Å². The molecule has 1 aliphatic rings. The predicted octanol–water partition coefficient (Wildman–Crippen LogP) is 5.34. The zero-order chi connectivity index (χ0) is 19.9. The van der Waals surface area contributed by atoms with Gasteiger partial charge in [-0.3, -0.25) is 4.31 Å². The maximum atomic E-state index is 13.2. The summed E-state index contributed by atoms with van der Waals surface area (Å²) in [5.41, 5.74) is 5.61. The highest BCUT2D eigenvalue weighted by atomic mass is 32.2. The molecule has 4 rings (SSSR count). The molecule has 1 heterocycles. The fraction of sp³-hybridized carbons (Fsp3) is 0.304. The number of nitrogens with zero attached hydrogens (tertiary/aromatic N) is 1. The molecule has 2 aromatic carbocycles. The third kappa shape index (κ3) is 3.04. The van der Waals surface area contributed by atoms with Crippen molar-refractivity contribution in [3.8, 4) is 0 Å². The van der Waals surface area contributed by atoms with Gasteiger partial charge in [0.15, 0.2) is 0 Å². The minimum Gasteiger partial charge on any atom is -0.361 e. The van der Waals surface area contributed by atoms with Gasteiger partial charge >= 0.3 is 0 Å². The lowest BCUT2D eigenvalue weighted by molar-refractivity contribution is 0.514. The number of aryl methyl sites for hydroxylation is 1. The Hall–Kier alpha value is -2.53. The zero-order valence-corrected chi connectivity index (χ0v) is 17.4. The number of benzene rings is 2. The minimum atomic E-state index is -3.55. The van der Waals surface area contributed by atoms with Crippen LogP contribution in [0.2, 0.25) is 0 Å². The number of aromatic nitrogens is 1. The van der Waals surface area contributed by atoms with Crippen LogP contribution in [0.25, 0.3) is 10.9 Å². The smallest absolute Gasteiger partial charge is 0.263 e. The third-order valence-corrected chi connectivity index (χ3v) is 7.71. The Morgan fingerprint density at radius 3 is 2.54 bits per heavy atom. The van der Waals surface area contributed by atoms with E-state index in [1.165, 1.54) is 20.8 Å². The van der Waals surface area contributed by atoms with E-state index in [9.17, 15) is 8.42 Å². The summed E-state index contributed by atoms with van der Waals surface area (Å²) in [4.78, 5) is 3.71. The van der Waals surface area contributed by atoms with E-state index in [4.69, 9.17) is 0 Å². The molecule has 0 bridgehead atoms. The maximum Gasteiger partial charge on any atom is 0.263 e. The highest BCUT2D eigenvalue weighted by Gasteiger charge is 2.33. The summed E-state index contributed by atoms with van der Waals surface area (Å²) in [5.74, 6) is 0.256. The average Bonchev–Trinajstić information content (AvgIpc) is 3.31. The van der Waals surface area contributed by atoms with Gasteiger partial charge in [-0.2, -0.15) is 0 Å². The van der Waals surface area contributed by atoms with Crippen molar-refractivity contribution in [1.29, 1.82) is 0 Å². The van der Waals surface area contributed by atoms with Crippen molar-refractivity contribution >= 4 is 20.9 Å². The number of rotatable bonds is 5. The molecule has 4 nitrogen and oxygen atoms in total. The van der Waals surface area contributed by atoms with Crippen molar-refractivity contribution < 1.29 is 8.42 Å². The van der Waals surface area contributed by atoms with Gasteiger partial charge in [-0.15, -0.1) is 0 Å². The number of para-hydroxylation sites is 1. The molecule has 0 radical (unpaired) electrons. The zero-order valence-electron chi connectivity index (χ0n) is 16.6. The van der Waals surface area contributed by atoms with Gasteiger partial charge in [0.25, 0.3) is 10.0 Å². The van der Waals surface area contributed by atoms with Crippen LogP contribution >= 0.6 is 0 Å². The third-order valence-electron chi connectivity index (χ3n) is 5.90. The van der Waals surface area contributed by atoms with E-state index in [0.29, 0.717) is 4.90 Å². The second kappa shape index (κ2) is 7.13. The fourth-order valence-electron chi connectivity index (χ4n) is 4.37. The lowest BCUT2D eigenvalue weighted by atomic mass is 9.91. The SMILES string of the molecule is CCC1=C(N(C)S(=O)(=O)c2ccc(C)cc2)CC[C@H]1c1c[nH]c2ccccc12. The summed E-state index contributed by atoms with van der Waals surface area (Å²) < 4.78 is 27.9. The first-order valence-electron chi connectivity index (χ1n) is 9.77. The first-order chi connectivity index (χ1) is 13.4. The van der Waals surface area contributed by atoms with Crippen molar-refractivity contribution in [2.75, 3.05) is 7.05 Å². The minimum absolute atomic E-state index is 0.256. The molecule has 0 saturated heterocycles. The van der Waals surface area contributed by atoms with Crippen LogP contribution in [0.5, 0.6) is 0 Å². The average molecular weight is 395 g/mol. The van der Waals surface area contributed by atoms with Crippen molar-refractivity contribution in [2.45, 2.75) is 43.9 Å². The van der Waals surface area contributed by atoms with E-state index < -0.39 is 10.0 Å². The number of hydrogen-bond acceptors (Lipinski definition) is 2. The topological polar surface area (TPSA) is 53.2 Å². The van der Waals surface area contributed by atoms with Crippen LogP contribution in [0.3, 0.4) is 0 Å². The van der Waals surface area contributed by atoms with Crippen LogP contribution < -0.4 is 0 Å². The van der Waals surface area contributed by atoms with Crippen molar-refractivity contribution in [3.05, 3.63) is 77.1 Å². The number of nitrogens with one attached hydrogen (secondary N) is 1. The Balaban J connectivity index is 1.74. The van der Waals surface area contributed by atoms with E-state index >= 15 is 0 Å². The molecule has 146 valence electrons. The Bertz CT molecular complexity index is 1140. The number of allylic oxidation sites excluding steroid dienone is 2. The normalized spacial score (nSPS) is 17.5. The lowest BCUT2D eigenvalue weighted by Crippen LogP contribution is -2.26. The molecule has 0 spiro atoms. The lowest BCUT2D eigenvalue weighted by Gasteiger charge is -2.23. The summed E-state index contributed by atoms with van der Waals surface area (Å²) >= 11 is 0. The molecule has 1 aliphatic carbocycles. The van der Waals surface area contributed by atoms with Crippen LogP contribution in [-0.2, 0) is 10.0 Å². The number of H-pyrrole nitrogens is 1. The molecule has 0 amide bonds. The summed E-state index contributed by atoms with van der Waals surface area (Å²) in [6, 6.07) is 15.4. The van der Waals surface area contributed by atoms with Gasteiger partial charge in [0.05, 0.1) is 4.90 Å². The Kier molecular flexibility index (Phi) is 4.79. The molecule has 28 heavy (non-hydrogen) atoms. The van der Waals surface area contributed by atoms with Gasteiger partial charge in [0.1, 0.15) is 0 Å². The molecule has 3 aromatic rings. The van der Waals surface area contributed by atoms with E-state index in [1.807, 2.05) is 25.1 Å². The maximum absolute atomic E-state index is 13.2. The second-order valence-corrected chi connectivity index (χ2v) is 9.46. The number of aromatic amines is 1. The Morgan fingerprint density at radius 2 is 1.82 bits per heavy atom. The van der Waals surface area contributed by atoms with Crippen molar-refractivity contribution in [1.82, 2.24) is 9.29 Å². The van der Waals surface area contributed by atoms with Crippen LogP contribution in [0.1, 0.15) is 43.2 Å². The molecule has 0 saturated carbocycles. The Labute approximate surface area is 166 Å². The van der Waals surface area contributed by atoms with E-state index in [1.54, 1.807) is 19.2 Å². The molecular weight excluding hydrogens is 368 g/mol. The van der Waals surface area contributed by atoms with E-state index in [0.717, 1.165) is 36.0 Å². The van der Waals surface area contributed by atoms with Crippen LogP contribution in [0, 0.1) is 6.92 Å². The van der Waals surface area contributed by atoms with Gasteiger partial charge in [-0.05, 0) is 55.5 Å². The molecule has 0 unspecified atom stereocenters. The molecule has 1 aromatic heterocycles. The van der Waals surface area contributed by atoms with Crippen molar-refractivity contribution in [2.24, 2.45) is 0 Å². The molecule has 0 fully saturated rings. The summed E-state index contributed by atoms with van der Waals surface area (Å²) in [6.07, 6.45) is 4.64. The predicted molar refractivity (Wildman–Crippen MR) is 114 cm³/mol. The van der Waals surface area contributed by atoms with Crippen LogP contribution in [-0.4, -0.2) is 24.8 Å². The van der Waals surface area contributed by atoms with Gasteiger partial charge in [0.2, 0.25) is 0 Å². The molecular formula is C23H26N2O2S. The second-order valence-electron chi connectivity index (χ2n) is 7.49. The molecule has 1 atom stereocenters. The highest BCUT2D eigenvalue weighted by Crippen LogP contribution is 2.45. The largest absolute Gasteiger partial charge is 0.361 e. The van der Waals surface area contributed by atoms with E-state index in [-0.39, 0.29) is 5.92 Å². The number of sulfonamides is 1. The van der Waals surface area contributed by atoms with Crippen molar-refractivity contribution in [3.63, 3.8) is 0 Å². The number of hydrogen-bond donors (Lipinski definition) is 1. The van der Waals surface area contributed by atoms with Gasteiger partial charge < -0.3 is 4.98 Å². The van der Waals surface area contributed by atoms with Gasteiger partial charge in [0, 0.05) is 35.8 Å². The standard InChI is InChI=1S/C23H26N2O2S/c1-4-18-19(21-15-24-22-8-6-5-7-20(21)22)13-14-23(18)25(3)28(26,27)17-11-9-16(2)10-12-17/h5-12,15,19,24H,4,13-14H2,1-3H3/t19-/m1/s1. The summed E-state index contributed by atoms with van der Waals surface area (Å²) in [6.45, 7) is 4.08. The Morgan fingerprint density at radius 1 is 1.11 bits per heavy atom.